The van der Waals surface area contributed by atoms with Gasteiger partial charge in [-0.3, -0.25) is 4.57 Å². The lowest BCUT2D eigenvalue weighted by Gasteiger charge is -2.23. The number of imidazole rings is 1. The number of benzene rings is 2. The first-order valence-electron chi connectivity index (χ1n) is 9.76. The predicted octanol–water partition coefficient (Wildman–Crippen LogP) is 4.14. The van der Waals surface area contributed by atoms with Crippen LogP contribution in [-0.2, 0) is 10.0 Å². The highest BCUT2D eigenvalue weighted by Crippen LogP contribution is 2.37. The highest BCUT2D eigenvalue weighted by atomic mass is 35.5. The lowest BCUT2D eigenvalue weighted by molar-refractivity contribution is 0.367. The highest BCUT2D eigenvalue weighted by Gasteiger charge is 2.31. The Bertz CT molecular complexity index is 1440. The number of hydrogen-bond acceptors (Lipinski definition) is 5. The molecule has 0 bridgehead atoms. The minimum absolute atomic E-state index is 0.0255. The molecule has 0 spiro atoms. The van der Waals surface area contributed by atoms with E-state index in [1.54, 1.807) is 35.8 Å². The number of para-hydroxylation sites is 2. The van der Waals surface area contributed by atoms with Crippen molar-refractivity contribution in [3.05, 3.63) is 63.5 Å². The molecule has 0 radical (unpaired) electrons. The molecule has 2 aromatic carbocycles. The fraction of sp³-hybridized carbons (Fsp3) is 0.286. The maximum absolute atomic E-state index is 13.8. The van der Waals surface area contributed by atoms with Gasteiger partial charge in [0.2, 0.25) is 0 Å². The number of rotatable bonds is 3. The number of nitrogens with one attached hydrogen (secondary N) is 1. The molecule has 0 amide bonds. The summed E-state index contributed by atoms with van der Waals surface area (Å²) in [4.78, 5) is 13.5. The van der Waals surface area contributed by atoms with Gasteiger partial charge in [-0.2, -0.15) is 12.4 Å². The molecule has 5 rings (SSSR count). The molecule has 30 heavy (non-hydrogen) atoms. The smallest absolute Gasteiger partial charge is 0.317 e. The lowest BCUT2D eigenvalue weighted by atomic mass is 10.1. The van der Waals surface area contributed by atoms with E-state index in [0.29, 0.717) is 21.6 Å². The minimum atomic E-state index is -4.08. The van der Waals surface area contributed by atoms with Crippen molar-refractivity contribution in [1.29, 1.82) is 0 Å². The summed E-state index contributed by atoms with van der Waals surface area (Å²) >= 11 is 7.29. The third-order valence-electron chi connectivity index (χ3n) is 5.74. The lowest BCUT2D eigenvalue weighted by Crippen LogP contribution is -2.36. The van der Waals surface area contributed by atoms with Gasteiger partial charge in [0.1, 0.15) is 4.21 Å². The summed E-state index contributed by atoms with van der Waals surface area (Å²) in [7, 11) is -4.08. The molecule has 1 fully saturated rings. The average Bonchev–Trinajstić information content (AvgIpc) is 3.23. The van der Waals surface area contributed by atoms with Crippen LogP contribution in [0, 0.1) is 6.92 Å². The van der Waals surface area contributed by atoms with Crippen LogP contribution in [0.1, 0.15) is 24.4 Å². The molecule has 1 N–H and O–H groups in total. The summed E-state index contributed by atoms with van der Waals surface area (Å²) < 4.78 is 31.1. The van der Waals surface area contributed by atoms with E-state index < -0.39 is 15.7 Å². The van der Waals surface area contributed by atoms with Crippen molar-refractivity contribution < 1.29 is 8.42 Å². The molecule has 156 valence electrons. The molecule has 1 aliphatic heterocycles. The summed E-state index contributed by atoms with van der Waals surface area (Å²) in [5.41, 5.74) is 1.18. The van der Waals surface area contributed by atoms with Crippen LogP contribution in [0.4, 0.5) is 0 Å². The normalized spacial score (nSPS) is 15.9. The molecule has 0 atom stereocenters. The zero-order valence-electron chi connectivity index (χ0n) is 16.3. The third-order valence-corrected chi connectivity index (χ3v) is 9.54. The van der Waals surface area contributed by atoms with E-state index in [2.05, 4.69) is 5.32 Å². The number of nitrogens with zero attached hydrogens (tertiary/aromatic N) is 2. The van der Waals surface area contributed by atoms with E-state index >= 15 is 0 Å². The Hall–Kier alpha value is -2.13. The Morgan fingerprint density at radius 3 is 2.53 bits per heavy atom. The van der Waals surface area contributed by atoms with Gasteiger partial charge < -0.3 is 5.32 Å². The molecular weight excluding hydrogens is 442 g/mol. The fourth-order valence-electron chi connectivity index (χ4n) is 4.29. The van der Waals surface area contributed by atoms with Crippen molar-refractivity contribution in [2.45, 2.75) is 30.0 Å². The molecule has 0 aliphatic carbocycles. The Labute approximate surface area is 182 Å². The maximum atomic E-state index is 13.8. The molecular formula is C21H20ClN3O3S2. The number of thiophene rings is 1. The SMILES string of the molecule is Cc1c(S(=O)(=O)n2c(=O)n(C3CCNCC3)c3ccccc32)sc2ccc(Cl)cc12. The van der Waals surface area contributed by atoms with Gasteiger partial charge in [-0.15, -0.1) is 11.3 Å². The summed E-state index contributed by atoms with van der Waals surface area (Å²) in [6.45, 7) is 3.37. The maximum Gasteiger partial charge on any atom is 0.343 e. The minimum Gasteiger partial charge on any atom is -0.317 e. The van der Waals surface area contributed by atoms with E-state index in [9.17, 15) is 13.2 Å². The fourth-order valence-corrected chi connectivity index (χ4v) is 7.67. The van der Waals surface area contributed by atoms with Crippen LogP contribution in [0.2, 0.25) is 5.02 Å². The first-order chi connectivity index (χ1) is 14.4. The summed E-state index contributed by atoms with van der Waals surface area (Å²) in [6, 6.07) is 12.4. The molecule has 9 heteroatoms. The topological polar surface area (TPSA) is 73.1 Å². The summed E-state index contributed by atoms with van der Waals surface area (Å²) in [5.74, 6) is 0. The van der Waals surface area contributed by atoms with Crippen LogP contribution in [0.15, 0.2) is 51.5 Å². The van der Waals surface area contributed by atoms with Crippen LogP contribution in [-0.4, -0.2) is 30.0 Å². The van der Waals surface area contributed by atoms with E-state index in [1.165, 1.54) is 11.3 Å². The standard InChI is InChI=1S/C21H20ClN3O3S2/c1-13-16-12-14(22)6-7-19(16)29-20(13)30(27,28)25-18-5-3-2-4-17(18)24(21(25)26)15-8-10-23-11-9-15/h2-7,12,15,23H,8-11H2,1H3. The second kappa shape index (κ2) is 7.23. The van der Waals surface area contributed by atoms with Crippen molar-refractivity contribution in [1.82, 2.24) is 13.9 Å². The van der Waals surface area contributed by atoms with Crippen LogP contribution in [0.25, 0.3) is 21.1 Å². The van der Waals surface area contributed by atoms with Crippen molar-refractivity contribution in [2.24, 2.45) is 0 Å². The van der Waals surface area contributed by atoms with E-state index in [1.807, 2.05) is 18.2 Å². The zero-order chi connectivity index (χ0) is 21.0. The molecule has 1 aliphatic rings. The van der Waals surface area contributed by atoms with E-state index in [-0.39, 0.29) is 10.3 Å². The molecule has 4 aromatic rings. The van der Waals surface area contributed by atoms with Crippen molar-refractivity contribution in [3.8, 4) is 0 Å². The number of aromatic nitrogens is 2. The number of aryl methyl sites for hydroxylation is 1. The first kappa shape index (κ1) is 19.8. The van der Waals surface area contributed by atoms with Crippen LogP contribution < -0.4 is 11.0 Å². The number of piperidine rings is 1. The van der Waals surface area contributed by atoms with Gasteiger partial charge in [0.25, 0.3) is 10.0 Å². The molecule has 6 nitrogen and oxygen atoms in total. The van der Waals surface area contributed by atoms with E-state index in [4.69, 9.17) is 11.6 Å². The summed E-state index contributed by atoms with van der Waals surface area (Å²) in [6.07, 6.45) is 1.57. The first-order valence-corrected chi connectivity index (χ1v) is 12.4. The molecule has 3 heterocycles. The van der Waals surface area contributed by atoms with Gasteiger partial charge in [0.15, 0.2) is 0 Å². The van der Waals surface area contributed by atoms with Crippen LogP contribution >= 0.6 is 22.9 Å². The second-order valence-electron chi connectivity index (χ2n) is 7.55. The van der Waals surface area contributed by atoms with Crippen molar-refractivity contribution >= 4 is 54.1 Å². The second-order valence-corrected chi connectivity index (χ2v) is 11.0. The highest BCUT2D eigenvalue weighted by molar-refractivity contribution is 7.92. The number of halogens is 1. The Kier molecular flexibility index (Phi) is 4.77. The Morgan fingerprint density at radius 2 is 1.80 bits per heavy atom. The Morgan fingerprint density at radius 1 is 1.10 bits per heavy atom. The number of fused-ring (bicyclic) bond motifs is 2. The van der Waals surface area contributed by atoms with Crippen molar-refractivity contribution in [2.75, 3.05) is 13.1 Å². The largest absolute Gasteiger partial charge is 0.343 e. The third kappa shape index (κ3) is 2.93. The van der Waals surface area contributed by atoms with Gasteiger partial charge in [0, 0.05) is 15.8 Å². The molecule has 2 aromatic heterocycles. The summed E-state index contributed by atoms with van der Waals surface area (Å²) in [5, 5.41) is 4.63. The van der Waals surface area contributed by atoms with Crippen LogP contribution in [0.5, 0.6) is 0 Å². The van der Waals surface area contributed by atoms with Crippen molar-refractivity contribution in [3.63, 3.8) is 0 Å². The van der Waals surface area contributed by atoms with Gasteiger partial charge in [-0.05, 0) is 74.1 Å². The van der Waals surface area contributed by atoms with Gasteiger partial charge >= 0.3 is 5.69 Å². The number of hydrogen-bond donors (Lipinski definition) is 1. The molecule has 1 saturated heterocycles. The van der Waals surface area contributed by atoms with Crippen LogP contribution in [0.3, 0.4) is 0 Å². The molecule has 0 saturated carbocycles. The average molecular weight is 462 g/mol. The molecule has 0 unspecified atom stereocenters. The monoisotopic (exact) mass is 461 g/mol. The van der Waals surface area contributed by atoms with Gasteiger partial charge in [0.05, 0.1) is 11.0 Å². The van der Waals surface area contributed by atoms with E-state index in [0.717, 1.165) is 40.0 Å². The Balaban J connectivity index is 1.78. The quantitative estimate of drug-likeness (QED) is 0.497. The predicted molar refractivity (Wildman–Crippen MR) is 121 cm³/mol. The zero-order valence-corrected chi connectivity index (χ0v) is 18.6. The van der Waals surface area contributed by atoms with Gasteiger partial charge in [-0.1, -0.05) is 23.7 Å². The van der Waals surface area contributed by atoms with Gasteiger partial charge in [-0.25, -0.2) is 4.79 Å².